The van der Waals surface area contributed by atoms with Gasteiger partial charge in [-0.15, -0.1) is 0 Å². The minimum Gasteiger partial charge on any atom is -0.449 e. The Balaban J connectivity index is 2.11. The second-order valence-electron chi connectivity index (χ2n) is 5.59. The van der Waals surface area contributed by atoms with Gasteiger partial charge in [0.2, 0.25) is 0 Å². The molecule has 8 nitrogen and oxygen atoms in total. The average molecular weight is 391 g/mol. The SMILES string of the molecule is CC(=O)c1cccc(NC(=O)[C@@H](C)OC(=O)c2cc(Cl)ccc2[N+](=O)[O-])c1. The minimum absolute atomic E-state index is 0.116. The molecule has 0 aliphatic carbocycles. The van der Waals surface area contributed by atoms with Crippen molar-refractivity contribution in [1.29, 1.82) is 0 Å². The third-order valence-corrected chi connectivity index (χ3v) is 3.80. The Morgan fingerprint density at radius 2 is 1.89 bits per heavy atom. The van der Waals surface area contributed by atoms with E-state index in [0.717, 1.165) is 12.1 Å². The Bertz CT molecular complexity index is 928. The first-order chi connectivity index (χ1) is 12.7. The van der Waals surface area contributed by atoms with E-state index in [4.69, 9.17) is 16.3 Å². The molecule has 27 heavy (non-hydrogen) atoms. The van der Waals surface area contributed by atoms with Gasteiger partial charge in [-0.05, 0) is 38.1 Å². The van der Waals surface area contributed by atoms with Crippen LogP contribution in [0.25, 0.3) is 0 Å². The van der Waals surface area contributed by atoms with Crippen LogP contribution in [0.1, 0.15) is 34.6 Å². The Hall–Kier alpha value is -3.26. The van der Waals surface area contributed by atoms with E-state index in [2.05, 4.69) is 5.32 Å². The number of nitrogens with zero attached hydrogens (tertiary/aromatic N) is 1. The number of nitrogens with one attached hydrogen (secondary N) is 1. The zero-order valence-electron chi connectivity index (χ0n) is 14.4. The second kappa shape index (κ2) is 8.41. The first-order valence-corrected chi connectivity index (χ1v) is 8.13. The van der Waals surface area contributed by atoms with Crippen molar-refractivity contribution in [3.63, 3.8) is 0 Å². The van der Waals surface area contributed by atoms with Gasteiger partial charge in [0.1, 0.15) is 5.56 Å². The number of rotatable bonds is 6. The fourth-order valence-electron chi connectivity index (χ4n) is 2.17. The van der Waals surface area contributed by atoms with Gasteiger partial charge in [0.05, 0.1) is 4.92 Å². The summed E-state index contributed by atoms with van der Waals surface area (Å²) in [6, 6.07) is 9.70. The Labute approximate surface area is 159 Å². The van der Waals surface area contributed by atoms with Gasteiger partial charge < -0.3 is 10.1 Å². The fraction of sp³-hybridized carbons (Fsp3) is 0.167. The molecule has 9 heteroatoms. The zero-order chi connectivity index (χ0) is 20.1. The number of ketones is 1. The smallest absolute Gasteiger partial charge is 0.345 e. The molecule has 0 bridgehead atoms. The monoisotopic (exact) mass is 390 g/mol. The molecule has 0 saturated heterocycles. The van der Waals surface area contributed by atoms with Gasteiger partial charge >= 0.3 is 5.97 Å². The largest absolute Gasteiger partial charge is 0.449 e. The lowest BCUT2D eigenvalue weighted by Gasteiger charge is -2.14. The summed E-state index contributed by atoms with van der Waals surface area (Å²) in [6.45, 7) is 2.71. The molecule has 0 saturated carbocycles. The number of Topliss-reactive ketones (excluding diaryl/α,β-unsaturated/α-hetero) is 1. The number of anilines is 1. The minimum atomic E-state index is -1.24. The number of nitro benzene ring substituents is 1. The lowest BCUT2D eigenvalue weighted by Crippen LogP contribution is -2.30. The third kappa shape index (κ3) is 5.11. The molecule has 140 valence electrons. The van der Waals surface area contributed by atoms with Crippen LogP contribution in [0.4, 0.5) is 11.4 Å². The quantitative estimate of drug-likeness (QED) is 0.348. The Morgan fingerprint density at radius 3 is 2.52 bits per heavy atom. The number of benzene rings is 2. The molecule has 1 N–H and O–H groups in total. The first-order valence-electron chi connectivity index (χ1n) is 7.76. The van der Waals surface area contributed by atoms with Gasteiger partial charge in [-0.1, -0.05) is 23.7 Å². The molecule has 1 amide bonds. The number of carbonyl (C=O) groups is 3. The van der Waals surface area contributed by atoms with Crippen molar-refractivity contribution in [2.24, 2.45) is 0 Å². The number of amides is 1. The summed E-state index contributed by atoms with van der Waals surface area (Å²) in [5.41, 5.74) is -0.0757. The normalized spacial score (nSPS) is 11.4. The summed E-state index contributed by atoms with van der Waals surface area (Å²) in [5, 5.41) is 13.7. The lowest BCUT2D eigenvalue weighted by atomic mass is 10.1. The van der Waals surface area contributed by atoms with Gasteiger partial charge in [0.25, 0.3) is 11.6 Å². The van der Waals surface area contributed by atoms with Crippen molar-refractivity contribution in [3.05, 3.63) is 68.7 Å². The van der Waals surface area contributed by atoms with Crippen LogP contribution in [0.15, 0.2) is 42.5 Å². The molecule has 2 aromatic rings. The standard InChI is InChI=1S/C18H15ClN2O6/c1-10(22)12-4-3-5-14(8-12)20-17(23)11(2)27-18(24)15-9-13(19)6-7-16(15)21(25)26/h3-9,11H,1-2H3,(H,20,23)/t11-/m1/s1. The number of halogens is 1. The van der Waals surface area contributed by atoms with E-state index in [1.165, 1.54) is 26.0 Å². The highest BCUT2D eigenvalue weighted by molar-refractivity contribution is 6.31. The van der Waals surface area contributed by atoms with E-state index in [0.29, 0.717) is 11.3 Å². The molecule has 0 radical (unpaired) electrons. The van der Waals surface area contributed by atoms with Gasteiger partial charge in [-0.2, -0.15) is 0 Å². The van der Waals surface area contributed by atoms with Crippen molar-refractivity contribution in [3.8, 4) is 0 Å². The highest BCUT2D eigenvalue weighted by Crippen LogP contribution is 2.24. The van der Waals surface area contributed by atoms with Crippen LogP contribution in [-0.2, 0) is 9.53 Å². The van der Waals surface area contributed by atoms with Gasteiger partial charge in [-0.25, -0.2) is 4.79 Å². The van der Waals surface area contributed by atoms with Crippen LogP contribution in [0, 0.1) is 10.1 Å². The molecule has 0 aromatic heterocycles. The number of ether oxygens (including phenoxy) is 1. The zero-order valence-corrected chi connectivity index (χ0v) is 15.1. The van der Waals surface area contributed by atoms with Crippen LogP contribution >= 0.6 is 11.6 Å². The maximum atomic E-state index is 12.2. The van der Waals surface area contributed by atoms with Crippen molar-refractivity contribution < 1.29 is 24.0 Å². The van der Waals surface area contributed by atoms with E-state index in [1.807, 2.05) is 0 Å². The van der Waals surface area contributed by atoms with Crippen molar-refractivity contribution in [2.45, 2.75) is 20.0 Å². The van der Waals surface area contributed by atoms with Crippen molar-refractivity contribution in [2.75, 3.05) is 5.32 Å². The first kappa shape index (κ1) is 20.1. The average Bonchev–Trinajstić information content (AvgIpc) is 2.61. The highest BCUT2D eigenvalue weighted by Gasteiger charge is 2.25. The van der Waals surface area contributed by atoms with Crippen LogP contribution in [-0.4, -0.2) is 28.7 Å². The molecule has 0 fully saturated rings. The summed E-state index contributed by atoms with van der Waals surface area (Å²) in [4.78, 5) is 46.1. The second-order valence-corrected chi connectivity index (χ2v) is 6.03. The predicted molar refractivity (Wildman–Crippen MR) is 98.1 cm³/mol. The van der Waals surface area contributed by atoms with Crippen molar-refractivity contribution in [1.82, 2.24) is 0 Å². The molecule has 2 aromatic carbocycles. The Kier molecular flexibility index (Phi) is 6.25. The number of nitro groups is 1. The molecule has 0 unspecified atom stereocenters. The van der Waals surface area contributed by atoms with E-state index < -0.39 is 28.6 Å². The summed E-state index contributed by atoms with van der Waals surface area (Å²) >= 11 is 5.78. The van der Waals surface area contributed by atoms with E-state index in [-0.39, 0.29) is 16.4 Å². The summed E-state index contributed by atoms with van der Waals surface area (Å²) in [6.07, 6.45) is -1.24. The van der Waals surface area contributed by atoms with Gasteiger partial charge in [0, 0.05) is 22.3 Å². The predicted octanol–water partition coefficient (Wildman–Crippen LogP) is 3.63. The van der Waals surface area contributed by atoms with Gasteiger partial charge in [0.15, 0.2) is 11.9 Å². The molecular formula is C18H15ClN2O6. The molecule has 1 atom stereocenters. The van der Waals surface area contributed by atoms with Crippen LogP contribution < -0.4 is 5.32 Å². The molecule has 0 aliphatic heterocycles. The fourth-order valence-corrected chi connectivity index (χ4v) is 2.34. The van der Waals surface area contributed by atoms with E-state index in [9.17, 15) is 24.5 Å². The summed E-state index contributed by atoms with van der Waals surface area (Å²) in [7, 11) is 0. The number of hydrogen-bond donors (Lipinski definition) is 1. The summed E-state index contributed by atoms with van der Waals surface area (Å²) in [5.74, 6) is -1.88. The maximum Gasteiger partial charge on any atom is 0.345 e. The number of hydrogen-bond acceptors (Lipinski definition) is 6. The van der Waals surface area contributed by atoms with Crippen LogP contribution in [0.2, 0.25) is 5.02 Å². The molecular weight excluding hydrogens is 376 g/mol. The van der Waals surface area contributed by atoms with E-state index >= 15 is 0 Å². The van der Waals surface area contributed by atoms with Crippen LogP contribution in [0.5, 0.6) is 0 Å². The van der Waals surface area contributed by atoms with Crippen LogP contribution in [0.3, 0.4) is 0 Å². The molecule has 0 aliphatic rings. The topological polar surface area (TPSA) is 116 Å². The van der Waals surface area contributed by atoms with E-state index in [1.54, 1.807) is 18.2 Å². The molecule has 0 heterocycles. The molecule has 2 rings (SSSR count). The third-order valence-electron chi connectivity index (χ3n) is 3.56. The Morgan fingerprint density at radius 1 is 1.19 bits per heavy atom. The summed E-state index contributed by atoms with van der Waals surface area (Å²) < 4.78 is 5.01. The molecule has 0 spiro atoms. The van der Waals surface area contributed by atoms with Crippen molar-refractivity contribution >= 4 is 40.6 Å². The number of esters is 1. The highest BCUT2D eigenvalue weighted by atomic mass is 35.5. The van der Waals surface area contributed by atoms with Gasteiger partial charge in [-0.3, -0.25) is 19.7 Å². The number of carbonyl (C=O) groups excluding carboxylic acids is 3. The maximum absolute atomic E-state index is 12.2. The lowest BCUT2D eigenvalue weighted by molar-refractivity contribution is -0.385.